The van der Waals surface area contributed by atoms with Crippen LogP contribution in [0.4, 0.5) is 0 Å². The largest absolute Gasteiger partial charge is 0.508 e. The fourth-order valence-corrected chi connectivity index (χ4v) is 2.89. The van der Waals surface area contributed by atoms with Crippen molar-refractivity contribution in [1.29, 1.82) is 0 Å². The molecule has 14 nitrogen and oxygen atoms in total. The smallest absolute Gasteiger partial charge is 0.328 e. The van der Waals surface area contributed by atoms with E-state index in [-0.39, 0.29) is 12.2 Å². The highest BCUT2D eigenvalue weighted by molar-refractivity contribution is 5.94. The fraction of sp³-hybridized carbons (Fsp3) is 0.476. The van der Waals surface area contributed by atoms with Gasteiger partial charge in [-0.3, -0.25) is 19.2 Å². The lowest BCUT2D eigenvalue weighted by Gasteiger charge is -2.25. The summed E-state index contributed by atoms with van der Waals surface area (Å²) in [4.78, 5) is 60.1. The second kappa shape index (κ2) is 13.8. The van der Waals surface area contributed by atoms with Crippen molar-refractivity contribution >= 4 is 29.7 Å². The molecule has 0 aromatic heterocycles. The van der Waals surface area contributed by atoms with Gasteiger partial charge in [0.1, 0.15) is 23.9 Å². The standard InChI is InChI=1S/C21H30N4O10/c1-10(27)17(21(34)35)25-19(32)14(6-7-16(29)30)23-20(33)15(24-18(31)13(22)9-26)8-11-2-4-12(28)5-3-11/h2-5,10,13-15,17,26-28H,6-9,22H2,1H3,(H,23,33)(H,24,31)(H,25,32)(H,29,30)(H,34,35). The molecule has 14 heteroatoms. The summed E-state index contributed by atoms with van der Waals surface area (Å²) in [5.74, 6) is -5.74. The molecule has 0 aliphatic carbocycles. The molecule has 10 N–H and O–H groups in total. The molecular formula is C21H30N4O10. The van der Waals surface area contributed by atoms with Gasteiger partial charge >= 0.3 is 11.9 Å². The molecule has 0 spiro atoms. The first kappa shape index (κ1) is 29.3. The van der Waals surface area contributed by atoms with Crippen LogP contribution in [0.15, 0.2) is 24.3 Å². The van der Waals surface area contributed by atoms with Gasteiger partial charge in [0.15, 0.2) is 6.04 Å². The van der Waals surface area contributed by atoms with Crippen molar-refractivity contribution in [3.05, 3.63) is 29.8 Å². The Balaban J connectivity index is 3.14. The number of carboxylic acids is 2. The Labute approximate surface area is 200 Å². The zero-order chi connectivity index (χ0) is 26.7. The van der Waals surface area contributed by atoms with Crippen molar-refractivity contribution in [2.75, 3.05) is 6.61 Å². The molecule has 1 aromatic rings. The van der Waals surface area contributed by atoms with E-state index in [2.05, 4.69) is 10.6 Å². The van der Waals surface area contributed by atoms with Gasteiger partial charge in [-0.2, -0.15) is 0 Å². The minimum Gasteiger partial charge on any atom is -0.508 e. The molecule has 1 rings (SSSR count). The fourth-order valence-electron chi connectivity index (χ4n) is 2.89. The first-order chi connectivity index (χ1) is 16.3. The van der Waals surface area contributed by atoms with Gasteiger partial charge in [-0.25, -0.2) is 4.79 Å². The summed E-state index contributed by atoms with van der Waals surface area (Å²) >= 11 is 0. The van der Waals surface area contributed by atoms with Crippen LogP contribution >= 0.6 is 0 Å². The topological polar surface area (TPSA) is 249 Å². The Morgan fingerprint density at radius 1 is 0.914 bits per heavy atom. The molecule has 0 saturated carbocycles. The number of carbonyl (C=O) groups excluding carboxylic acids is 3. The predicted octanol–water partition coefficient (Wildman–Crippen LogP) is -2.96. The van der Waals surface area contributed by atoms with E-state index in [9.17, 15) is 34.2 Å². The second-order valence-electron chi connectivity index (χ2n) is 7.78. The highest BCUT2D eigenvalue weighted by Gasteiger charge is 2.32. The van der Waals surface area contributed by atoms with Gasteiger partial charge in [-0.1, -0.05) is 12.1 Å². The Hall–Kier alpha value is -3.75. The molecule has 35 heavy (non-hydrogen) atoms. The number of phenolic OH excluding ortho intramolecular Hbond substituents is 1. The van der Waals surface area contributed by atoms with Crippen LogP contribution in [0.25, 0.3) is 0 Å². The summed E-state index contributed by atoms with van der Waals surface area (Å²) in [6, 6.07) is -0.291. The van der Waals surface area contributed by atoms with Crippen LogP contribution < -0.4 is 21.7 Å². The van der Waals surface area contributed by atoms with Gasteiger partial charge in [0.25, 0.3) is 0 Å². The highest BCUT2D eigenvalue weighted by Crippen LogP contribution is 2.12. The first-order valence-electron chi connectivity index (χ1n) is 10.5. The zero-order valence-electron chi connectivity index (χ0n) is 18.9. The molecule has 0 radical (unpaired) electrons. The van der Waals surface area contributed by atoms with Crippen LogP contribution in [0.5, 0.6) is 5.75 Å². The third-order valence-electron chi connectivity index (χ3n) is 4.87. The Morgan fingerprint density at radius 3 is 1.94 bits per heavy atom. The monoisotopic (exact) mass is 498 g/mol. The number of amides is 3. The number of phenols is 1. The maximum absolute atomic E-state index is 13.0. The molecule has 0 heterocycles. The summed E-state index contributed by atoms with van der Waals surface area (Å²) in [6.07, 6.45) is -2.60. The van der Waals surface area contributed by atoms with E-state index in [0.717, 1.165) is 6.92 Å². The molecule has 5 atom stereocenters. The lowest BCUT2D eigenvalue weighted by atomic mass is 10.0. The van der Waals surface area contributed by atoms with Gasteiger partial charge in [-0.15, -0.1) is 0 Å². The third-order valence-corrected chi connectivity index (χ3v) is 4.87. The quantitative estimate of drug-likeness (QED) is 0.125. The van der Waals surface area contributed by atoms with Crippen molar-refractivity contribution in [2.45, 2.75) is 56.5 Å². The average molecular weight is 498 g/mol. The number of carbonyl (C=O) groups is 5. The number of hydrogen-bond donors (Lipinski definition) is 9. The number of aromatic hydroxyl groups is 1. The molecule has 1 aromatic carbocycles. The molecule has 0 saturated heterocycles. The molecule has 0 aliphatic heterocycles. The summed E-state index contributed by atoms with van der Waals surface area (Å²) < 4.78 is 0. The van der Waals surface area contributed by atoms with Crippen molar-refractivity contribution in [2.24, 2.45) is 5.73 Å². The van der Waals surface area contributed by atoms with E-state index < -0.39 is 79.4 Å². The predicted molar refractivity (Wildman–Crippen MR) is 119 cm³/mol. The van der Waals surface area contributed by atoms with E-state index in [1.807, 2.05) is 5.32 Å². The van der Waals surface area contributed by atoms with Gasteiger partial charge < -0.3 is 47.2 Å². The van der Waals surface area contributed by atoms with Crippen LogP contribution in [0.2, 0.25) is 0 Å². The number of hydrogen-bond acceptors (Lipinski definition) is 9. The number of rotatable bonds is 14. The minimum absolute atomic E-state index is 0.0439. The lowest BCUT2D eigenvalue weighted by molar-refractivity contribution is -0.145. The van der Waals surface area contributed by atoms with Crippen molar-refractivity contribution in [3.8, 4) is 5.75 Å². The zero-order valence-corrected chi connectivity index (χ0v) is 18.9. The van der Waals surface area contributed by atoms with Crippen molar-refractivity contribution < 1.29 is 49.5 Å². The summed E-state index contributed by atoms with van der Waals surface area (Å²) in [5.41, 5.74) is 5.98. The first-order valence-corrected chi connectivity index (χ1v) is 10.5. The molecule has 0 aliphatic rings. The average Bonchev–Trinajstić information content (AvgIpc) is 2.79. The Morgan fingerprint density at radius 2 is 1.46 bits per heavy atom. The Bertz CT molecular complexity index is 906. The van der Waals surface area contributed by atoms with E-state index in [1.54, 1.807) is 0 Å². The summed E-state index contributed by atoms with van der Waals surface area (Å²) in [7, 11) is 0. The summed E-state index contributed by atoms with van der Waals surface area (Å²) in [6.45, 7) is 0.413. The number of aliphatic hydroxyl groups excluding tert-OH is 2. The molecular weight excluding hydrogens is 468 g/mol. The van der Waals surface area contributed by atoms with Crippen LogP contribution in [0.1, 0.15) is 25.3 Å². The normalized spacial score (nSPS) is 15.1. The lowest BCUT2D eigenvalue weighted by Crippen LogP contribution is -2.59. The van der Waals surface area contributed by atoms with Gasteiger partial charge in [-0.05, 0) is 31.0 Å². The van der Waals surface area contributed by atoms with Gasteiger partial charge in [0.2, 0.25) is 17.7 Å². The molecule has 194 valence electrons. The van der Waals surface area contributed by atoms with Gasteiger partial charge in [0.05, 0.1) is 12.7 Å². The second-order valence-corrected chi connectivity index (χ2v) is 7.78. The molecule has 3 amide bonds. The van der Waals surface area contributed by atoms with Crippen molar-refractivity contribution in [1.82, 2.24) is 16.0 Å². The van der Waals surface area contributed by atoms with Gasteiger partial charge in [0, 0.05) is 12.8 Å². The third kappa shape index (κ3) is 9.95. The number of nitrogens with one attached hydrogen (secondary N) is 3. The maximum atomic E-state index is 13.0. The Kier molecular flexibility index (Phi) is 11.6. The van der Waals surface area contributed by atoms with Crippen LogP contribution in [-0.4, -0.2) is 92.1 Å². The number of carboxylic acid groups (broad SMARTS) is 2. The summed E-state index contributed by atoms with van der Waals surface area (Å²) in [5, 5.41) is 52.9. The highest BCUT2D eigenvalue weighted by atomic mass is 16.4. The number of aliphatic hydroxyl groups is 2. The van der Waals surface area contributed by atoms with E-state index >= 15 is 0 Å². The van der Waals surface area contributed by atoms with Crippen LogP contribution in [0.3, 0.4) is 0 Å². The molecule has 0 fully saturated rings. The number of nitrogens with two attached hydrogens (primary N) is 1. The minimum atomic E-state index is -1.72. The van der Waals surface area contributed by atoms with Crippen LogP contribution in [0, 0.1) is 0 Å². The van der Waals surface area contributed by atoms with E-state index in [4.69, 9.17) is 21.1 Å². The SMILES string of the molecule is CC(O)C(NC(=O)C(CCC(=O)O)NC(=O)C(Cc1ccc(O)cc1)NC(=O)C(N)CO)C(=O)O. The van der Waals surface area contributed by atoms with Crippen LogP contribution in [-0.2, 0) is 30.4 Å². The number of aliphatic carboxylic acids is 2. The number of benzene rings is 1. The molecule has 5 unspecified atom stereocenters. The maximum Gasteiger partial charge on any atom is 0.328 e. The molecule has 0 bridgehead atoms. The van der Waals surface area contributed by atoms with E-state index in [1.165, 1.54) is 24.3 Å². The van der Waals surface area contributed by atoms with Crippen molar-refractivity contribution in [3.63, 3.8) is 0 Å². The van der Waals surface area contributed by atoms with E-state index in [0.29, 0.717) is 5.56 Å².